The Hall–Kier alpha value is -0.430. The molecule has 3 heteroatoms. The van der Waals surface area contributed by atoms with E-state index in [0.717, 1.165) is 12.8 Å². The molecule has 0 aromatic heterocycles. The van der Waals surface area contributed by atoms with Crippen molar-refractivity contribution in [3.63, 3.8) is 0 Å². The summed E-state index contributed by atoms with van der Waals surface area (Å²) in [7, 11) is -1.02. The van der Waals surface area contributed by atoms with E-state index in [1.807, 2.05) is 0 Å². The highest BCUT2D eigenvalue weighted by Crippen LogP contribution is 2.43. The second-order valence-electron chi connectivity index (χ2n) is 9.74. The van der Waals surface area contributed by atoms with Crippen molar-refractivity contribution in [3.05, 3.63) is 30.3 Å². The highest BCUT2D eigenvalue weighted by Gasteiger charge is 2.23. The molecule has 0 radical (unpaired) electrons. The van der Waals surface area contributed by atoms with Gasteiger partial charge >= 0.3 is 0 Å². The van der Waals surface area contributed by atoms with Crippen molar-refractivity contribution in [1.29, 1.82) is 0 Å². The van der Waals surface area contributed by atoms with E-state index in [1.165, 1.54) is 108 Å². The topological polar surface area (TPSA) is 18.5 Å². The highest BCUT2D eigenvalue weighted by atomic mass is 31.2. The first kappa shape index (κ1) is 30.6. The molecule has 2 nitrogen and oxygen atoms in total. The Labute approximate surface area is 208 Å². The Kier molecular flexibility index (Phi) is 20.5. The van der Waals surface area contributed by atoms with Crippen molar-refractivity contribution < 1.29 is 9.05 Å². The van der Waals surface area contributed by atoms with Gasteiger partial charge in [0.05, 0.1) is 12.2 Å². The maximum Gasteiger partial charge on any atom is 0.205 e. The van der Waals surface area contributed by atoms with Crippen LogP contribution in [0.15, 0.2) is 30.3 Å². The van der Waals surface area contributed by atoms with Crippen LogP contribution in [-0.4, -0.2) is 12.2 Å². The molecule has 192 valence electrons. The summed E-state index contributed by atoms with van der Waals surface area (Å²) in [6.07, 6.45) is 23.7. The van der Waals surface area contributed by atoms with E-state index in [1.54, 1.807) is 0 Å². The minimum absolute atomic E-state index is 0.323. The molecule has 0 N–H and O–H groups in total. The average molecular weight is 479 g/mol. The standard InChI is InChI=1S/C30H55O2P/c1-5-9-11-13-15-18-24-28(22-7-3)31-33(30-26-20-17-21-27-30)32-29(23-8-4)25-19-16-14-12-10-6-2/h17,20-21,26-29H,5-16,18-19,22-25H2,1-4H3. The van der Waals surface area contributed by atoms with Gasteiger partial charge in [0.25, 0.3) is 0 Å². The van der Waals surface area contributed by atoms with Gasteiger partial charge in [-0.25, -0.2) is 0 Å². The van der Waals surface area contributed by atoms with Crippen LogP contribution in [0.1, 0.15) is 143 Å². The van der Waals surface area contributed by atoms with Crippen LogP contribution >= 0.6 is 8.38 Å². The number of benzene rings is 1. The fraction of sp³-hybridized carbons (Fsp3) is 0.800. The second kappa shape index (κ2) is 22.1. The summed E-state index contributed by atoms with van der Waals surface area (Å²) in [6, 6.07) is 10.8. The number of unbranched alkanes of at least 4 members (excludes halogenated alkanes) is 10. The second-order valence-corrected chi connectivity index (χ2v) is 11.2. The van der Waals surface area contributed by atoms with Gasteiger partial charge in [0, 0.05) is 5.30 Å². The van der Waals surface area contributed by atoms with Crippen LogP contribution in [0.2, 0.25) is 0 Å². The Morgan fingerprint density at radius 3 is 1.36 bits per heavy atom. The molecule has 0 spiro atoms. The molecule has 0 aliphatic carbocycles. The summed E-state index contributed by atoms with van der Waals surface area (Å²) in [5.41, 5.74) is 0. The first-order valence-corrected chi connectivity index (χ1v) is 15.6. The first-order chi connectivity index (χ1) is 16.2. The summed E-state index contributed by atoms with van der Waals surface area (Å²) >= 11 is 0. The highest BCUT2D eigenvalue weighted by molar-refractivity contribution is 7.56. The number of hydrogen-bond acceptors (Lipinski definition) is 2. The van der Waals surface area contributed by atoms with E-state index in [0.29, 0.717) is 12.2 Å². The van der Waals surface area contributed by atoms with Gasteiger partial charge in [-0.1, -0.05) is 136 Å². The zero-order chi connectivity index (χ0) is 24.0. The summed E-state index contributed by atoms with van der Waals surface area (Å²) in [6.45, 7) is 9.13. The minimum Gasteiger partial charge on any atom is -0.327 e. The summed E-state index contributed by atoms with van der Waals surface area (Å²) < 4.78 is 13.6. The van der Waals surface area contributed by atoms with Crippen molar-refractivity contribution in [1.82, 2.24) is 0 Å². The lowest BCUT2D eigenvalue weighted by Crippen LogP contribution is -2.19. The lowest BCUT2D eigenvalue weighted by atomic mass is 10.0. The molecule has 0 bridgehead atoms. The van der Waals surface area contributed by atoms with Crippen molar-refractivity contribution >= 4 is 13.7 Å². The third-order valence-corrected chi connectivity index (χ3v) is 8.14. The maximum absolute atomic E-state index is 6.78. The van der Waals surface area contributed by atoms with Crippen LogP contribution in [0, 0.1) is 0 Å². The normalized spacial score (nSPS) is 14.3. The minimum atomic E-state index is -1.02. The fourth-order valence-corrected chi connectivity index (χ4v) is 6.09. The third-order valence-electron chi connectivity index (χ3n) is 6.44. The molecule has 0 amide bonds. The third kappa shape index (κ3) is 16.0. The van der Waals surface area contributed by atoms with Crippen molar-refractivity contribution in [2.24, 2.45) is 0 Å². The Morgan fingerprint density at radius 1 is 0.515 bits per heavy atom. The van der Waals surface area contributed by atoms with Gasteiger partial charge in [0.1, 0.15) is 0 Å². The molecule has 2 unspecified atom stereocenters. The maximum atomic E-state index is 6.78. The van der Waals surface area contributed by atoms with Gasteiger partial charge in [-0.15, -0.1) is 0 Å². The Bertz CT molecular complexity index is 493. The largest absolute Gasteiger partial charge is 0.327 e. The zero-order valence-corrected chi connectivity index (χ0v) is 23.4. The van der Waals surface area contributed by atoms with Gasteiger partial charge in [-0.2, -0.15) is 0 Å². The first-order valence-electron chi connectivity index (χ1n) is 14.4. The van der Waals surface area contributed by atoms with Crippen molar-refractivity contribution in [2.75, 3.05) is 0 Å². The molecular formula is C30H55O2P. The molecule has 0 saturated heterocycles. The average Bonchev–Trinajstić information content (AvgIpc) is 2.83. The van der Waals surface area contributed by atoms with E-state index >= 15 is 0 Å². The zero-order valence-electron chi connectivity index (χ0n) is 22.5. The SMILES string of the molecule is CCCCCCCCC(CCC)OP(OC(CCC)CCCCCCCC)c1ccccc1. The molecular weight excluding hydrogens is 423 g/mol. The van der Waals surface area contributed by atoms with Gasteiger partial charge in [-0.05, 0) is 37.8 Å². The van der Waals surface area contributed by atoms with Gasteiger partial charge < -0.3 is 9.05 Å². The predicted molar refractivity (Wildman–Crippen MR) is 149 cm³/mol. The molecule has 1 aromatic carbocycles. The predicted octanol–water partition coefficient (Wildman–Crippen LogP) is 10.5. The van der Waals surface area contributed by atoms with E-state index in [4.69, 9.17) is 9.05 Å². The monoisotopic (exact) mass is 478 g/mol. The molecule has 1 aromatic rings. The van der Waals surface area contributed by atoms with E-state index < -0.39 is 8.38 Å². The van der Waals surface area contributed by atoms with Crippen LogP contribution in [0.3, 0.4) is 0 Å². The van der Waals surface area contributed by atoms with E-state index in [9.17, 15) is 0 Å². The molecule has 33 heavy (non-hydrogen) atoms. The Balaban J connectivity index is 2.67. The van der Waals surface area contributed by atoms with Crippen molar-refractivity contribution in [3.8, 4) is 0 Å². The molecule has 0 heterocycles. The lowest BCUT2D eigenvalue weighted by Gasteiger charge is -2.28. The quantitative estimate of drug-likeness (QED) is 0.115. The molecule has 0 aliphatic rings. The summed E-state index contributed by atoms with van der Waals surface area (Å²) in [4.78, 5) is 0. The van der Waals surface area contributed by atoms with Gasteiger partial charge in [0.15, 0.2) is 0 Å². The molecule has 0 aliphatic heterocycles. The number of hydrogen-bond donors (Lipinski definition) is 0. The molecule has 0 fully saturated rings. The van der Waals surface area contributed by atoms with Crippen LogP contribution < -0.4 is 5.30 Å². The van der Waals surface area contributed by atoms with E-state index in [2.05, 4.69) is 58.0 Å². The summed E-state index contributed by atoms with van der Waals surface area (Å²) in [5, 5.41) is 1.24. The smallest absolute Gasteiger partial charge is 0.205 e. The van der Waals surface area contributed by atoms with Crippen LogP contribution in [0.4, 0.5) is 0 Å². The van der Waals surface area contributed by atoms with Gasteiger partial charge in [-0.3, -0.25) is 0 Å². The lowest BCUT2D eigenvalue weighted by molar-refractivity contribution is 0.125. The van der Waals surface area contributed by atoms with E-state index in [-0.39, 0.29) is 0 Å². The van der Waals surface area contributed by atoms with Crippen LogP contribution in [0.5, 0.6) is 0 Å². The fourth-order valence-electron chi connectivity index (χ4n) is 4.42. The van der Waals surface area contributed by atoms with Crippen LogP contribution in [-0.2, 0) is 9.05 Å². The number of rotatable bonds is 23. The Morgan fingerprint density at radius 2 is 0.939 bits per heavy atom. The molecule has 2 atom stereocenters. The van der Waals surface area contributed by atoms with Crippen LogP contribution in [0.25, 0.3) is 0 Å². The molecule has 0 saturated carbocycles. The van der Waals surface area contributed by atoms with Gasteiger partial charge in [0.2, 0.25) is 8.38 Å². The molecule has 1 rings (SSSR count). The van der Waals surface area contributed by atoms with Crippen molar-refractivity contribution in [2.45, 2.75) is 155 Å². The summed E-state index contributed by atoms with van der Waals surface area (Å²) in [5.74, 6) is 0.